The molecule has 27 heavy (non-hydrogen) atoms. The van der Waals surface area contributed by atoms with Crippen LogP contribution in [0, 0.1) is 0 Å². The van der Waals surface area contributed by atoms with Crippen LogP contribution < -0.4 is 4.74 Å². The van der Waals surface area contributed by atoms with Gasteiger partial charge in [-0.25, -0.2) is 0 Å². The number of thioether (sulfide) groups is 1. The smallest absolute Gasteiger partial charge is 0.293 e. The monoisotopic (exact) mass is 403 g/mol. The van der Waals surface area contributed by atoms with E-state index < -0.39 is 0 Å². The Morgan fingerprint density at radius 3 is 2.67 bits per heavy atom. The van der Waals surface area contributed by atoms with Gasteiger partial charge in [-0.2, -0.15) is 0 Å². The zero-order chi connectivity index (χ0) is 19.4. The first kappa shape index (κ1) is 19.3. The lowest BCUT2D eigenvalue weighted by Crippen LogP contribution is -2.29. The number of methoxy groups -OCH3 is 1. The molecule has 0 spiro atoms. The first-order chi connectivity index (χ1) is 13.0. The second-order valence-corrected chi connectivity index (χ2v) is 7.38. The Kier molecular flexibility index (Phi) is 6.08. The summed E-state index contributed by atoms with van der Waals surface area (Å²) in [5.74, 6) is -0.276. The summed E-state index contributed by atoms with van der Waals surface area (Å²) < 4.78 is 5.06. The molecule has 0 atom stereocenters. The molecule has 1 aliphatic rings. The van der Waals surface area contributed by atoms with Gasteiger partial charge in [0.15, 0.2) is 11.5 Å². The quantitative estimate of drug-likeness (QED) is 0.706. The number of hydrogen-bond donors (Lipinski definition) is 1. The number of aromatic hydroxyl groups is 1. The van der Waals surface area contributed by atoms with E-state index in [0.29, 0.717) is 23.4 Å². The molecule has 3 rings (SSSR count). The molecule has 1 heterocycles. The maximum Gasteiger partial charge on any atom is 0.293 e. The van der Waals surface area contributed by atoms with Crippen LogP contribution in [0.5, 0.6) is 11.5 Å². The number of halogens is 1. The largest absolute Gasteiger partial charge is 0.503 e. The number of imide groups is 1. The number of ether oxygens (including phenoxy) is 1. The average Bonchev–Trinajstić information content (AvgIpc) is 2.92. The Morgan fingerprint density at radius 1 is 1.22 bits per heavy atom. The molecule has 0 aromatic heterocycles. The molecule has 1 saturated heterocycles. The molecule has 1 aliphatic heterocycles. The van der Waals surface area contributed by atoms with E-state index in [2.05, 4.69) is 0 Å². The highest BCUT2D eigenvalue weighted by atomic mass is 35.5. The molecule has 0 bridgehead atoms. The summed E-state index contributed by atoms with van der Waals surface area (Å²) in [4.78, 5) is 26.4. The normalized spacial score (nSPS) is 15.6. The molecular formula is C20H18ClNO4S. The molecule has 140 valence electrons. The number of rotatable bonds is 6. The molecule has 2 aromatic rings. The first-order valence-corrected chi connectivity index (χ1v) is 9.55. The molecule has 7 heteroatoms. The van der Waals surface area contributed by atoms with E-state index in [1.54, 1.807) is 12.1 Å². The van der Waals surface area contributed by atoms with Crippen molar-refractivity contribution in [1.82, 2.24) is 4.90 Å². The Bertz CT molecular complexity index is 898. The third kappa shape index (κ3) is 4.46. The fourth-order valence-electron chi connectivity index (χ4n) is 2.76. The zero-order valence-electron chi connectivity index (χ0n) is 14.6. The molecule has 0 radical (unpaired) electrons. The summed E-state index contributed by atoms with van der Waals surface area (Å²) in [5.41, 5.74) is 1.75. The fourth-order valence-corrected chi connectivity index (χ4v) is 3.85. The number of carbonyl (C=O) groups excluding carboxylic acids is 2. The Hall–Kier alpha value is -2.44. The van der Waals surface area contributed by atoms with Crippen LogP contribution >= 0.6 is 23.4 Å². The van der Waals surface area contributed by atoms with Crippen molar-refractivity contribution in [2.24, 2.45) is 0 Å². The van der Waals surface area contributed by atoms with Gasteiger partial charge in [-0.05, 0) is 53.9 Å². The predicted octanol–water partition coefficient (Wildman–Crippen LogP) is 4.72. The number of benzene rings is 2. The second-order valence-electron chi connectivity index (χ2n) is 5.98. The molecule has 2 amide bonds. The van der Waals surface area contributed by atoms with Gasteiger partial charge in [0.1, 0.15) is 0 Å². The maximum atomic E-state index is 12.6. The summed E-state index contributed by atoms with van der Waals surface area (Å²) in [6.07, 6.45) is 3.08. The maximum absolute atomic E-state index is 12.6. The molecular weight excluding hydrogens is 386 g/mol. The van der Waals surface area contributed by atoms with Crippen LogP contribution in [-0.4, -0.2) is 34.8 Å². The van der Waals surface area contributed by atoms with Gasteiger partial charge in [0.2, 0.25) is 0 Å². The van der Waals surface area contributed by atoms with Crippen molar-refractivity contribution in [3.8, 4) is 11.5 Å². The third-order valence-electron chi connectivity index (χ3n) is 4.13. The average molecular weight is 404 g/mol. The zero-order valence-corrected chi connectivity index (χ0v) is 16.2. The van der Waals surface area contributed by atoms with E-state index in [1.807, 2.05) is 30.3 Å². The lowest BCUT2D eigenvalue weighted by molar-refractivity contribution is -0.122. The van der Waals surface area contributed by atoms with Crippen molar-refractivity contribution in [2.45, 2.75) is 12.8 Å². The molecule has 0 unspecified atom stereocenters. The number of nitrogens with zero attached hydrogens (tertiary/aromatic N) is 1. The van der Waals surface area contributed by atoms with Crippen LogP contribution in [-0.2, 0) is 11.2 Å². The van der Waals surface area contributed by atoms with Gasteiger partial charge in [-0.1, -0.05) is 41.9 Å². The summed E-state index contributed by atoms with van der Waals surface area (Å²) in [5, 5.41) is 9.63. The number of aryl methyl sites for hydroxylation is 1. The molecule has 1 N–H and O–H groups in total. The molecule has 2 aromatic carbocycles. The van der Waals surface area contributed by atoms with Crippen molar-refractivity contribution in [2.75, 3.05) is 13.7 Å². The number of amides is 2. The SMILES string of the molecule is COc1cc(/C=C2\SC(=O)N(CCCc3ccccc3)C2=O)cc(Cl)c1O. The first-order valence-electron chi connectivity index (χ1n) is 8.35. The number of carbonyl (C=O) groups is 2. The number of phenols is 1. The van der Waals surface area contributed by atoms with Crippen molar-refractivity contribution >= 4 is 40.6 Å². The second kappa shape index (κ2) is 8.50. The molecule has 0 saturated carbocycles. The van der Waals surface area contributed by atoms with Crippen molar-refractivity contribution in [1.29, 1.82) is 0 Å². The van der Waals surface area contributed by atoms with Crippen LogP contribution in [0.25, 0.3) is 6.08 Å². The summed E-state index contributed by atoms with van der Waals surface area (Å²) in [7, 11) is 1.41. The Balaban J connectivity index is 1.70. The van der Waals surface area contributed by atoms with E-state index in [4.69, 9.17) is 16.3 Å². The van der Waals surface area contributed by atoms with Crippen LogP contribution in [0.1, 0.15) is 17.5 Å². The summed E-state index contributed by atoms with van der Waals surface area (Å²) in [6.45, 7) is 0.372. The minimum Gasteiger partial charge on any atom is -0.503 e. The Morgan fingerprint density at radius 2 is 1.96 bits per heavy atom. The summed E-state index contributed by atoms with van der Waals surface area (Å²) in [6, 6.07) is 13.0. The summed E-state index contributed by atoms with van der Waals surface area (Å²) >= 11 is 6.87. The molecule has 1 fully saturated rings. The van der Waals surface area contributed by atoms with Crippen LogP contribution in [0.15, 0.2) is 47.4 Å². The van der Waals surface area contributed by atoms with E-state index in [1.165, 1.54) is 23.6 Å². The Labute approximate surface area is 166 Å². The van der Waals surface area contributed by atoms with Gasteiger partial charge in [0.25, 0.3) is 11.1 Å². The number of hydrogen-bond acceptors (Lipinski definition) is 5. The van der Waals surface area contributed by atoms with Crippen molar-refractivity contribution in [3.05, 3.63) is 63.5 Å². The standard InChI is InChI=1S/C20H18ClNO4S/c1-26-16-11-14(10-15(21)18(16)23)12-17-19(24)22(20(25)27-17)9-5-8-13-6-3-2-4-7-13/h2-4,6-7,10-12,23H,5,8-9H2,1H3/b17-12-. The predicted molar refractivity (Wildman–Crippen MR) is 107 cm³/mol. The van der Waals surface area contributed by atoms with E-state index >= 15 is 0 Å². The third-order valence-corrected chi connectivity index (χ3v) is 5.33. The van der Waals surface area contributed by atoms with Crippen molar-refractivity contribution < 1.29 is 19.4 Å². The van der Waals surface area contributed by atoms with Gasteiger partial charge >= 0.3 is 0 Å². The van der Waals surface area contributed by atoms with Gasteiger partial charge in [-0.15, -0.1) is 0 Å². The fraction of sp³-hybridized carbons (Fsp3) is 0.200. The topological polar surface area (TPSA) is 66.8 Å². The molecule has 0 aliphatic carbocycles. The van der Waals surface area contributed by atoms with Gasteiger partial charge in [0, 0.05) is 6.54 Å². The highest BCUT2D eigenvalue weighted by Gasteiger charge is 2.34. The van der Waals surface area contributed by atoms with Crippen LogP contribution in [0.3, 0.4) is 0 Å². The molecule has 5 nitrogen and oxygen atoms in total. The minimum atomic E-state index is -0.318. The lowest BCUT2D eigenvalue weighted by Gasteiger charge is -2.12. The number of phenolic OH excluding ortho intramolecular Hbond substituents is 1. The lowest BCUT2D eigenvalue weighted by atomic mass is 10.1. The highest BCUT2D eigenvalue weighted by molar-refractivity contribution is 8.18. The van der Waals surface area contributed by atoms with Gasteiger partial charge < -0.3 is 9.84 Å². The van der Waals surface area contributed by atoms with Crippen LogP contribution in [0.2, 0.25) is 5.02 Å². The van der Waals surface area contributed by atoms with E-state index in [0.717, 1.165) is 18.2 Å². The van der Waals surface area contributed by atoms with Crippen molar-refractivity contribution in [3.63, 3.8) is 0 Å². The van der Waals surface area contributed by atoms with Gasteiger partial charge in [0.05, 0.1) is 17.0 Å². The van der Waals surface area contributed by atoms with Gasteiger partial charge in [-0.3, -0.25) is 14.5 Å². The minimum absolute atomic E-state index is 0.114. The van der Waals surface area contributed by atoms with E-state index in [-0.39, 0.29) is 27.7 Å². The van der Waals surface area contributed by atoms with Crippen LogP contribution in [0.4, 0.5) is 4.79 Å². The highest BCUT2D eigenvalue weighted by Crippen LogP contribution is 2.38. The van der Waals surface area contributed by atoms with E-state index in [9.17, 15) is 14.7 Å².